The minimum Gasteiger partial charge on any atom is -0.462 e. The molecule has 1 aliphatic carbocycles. The Labute approximate surface area is 171 Å². The largest absolute Gasteiger partial charge is 0.462 e. The molecule has 1 rings (SSSR count). The Morgan fingerprint density at radius 1 is 1.04 bits per heavy atom. The second kappa shape index (κ2) is 13.0. The van der Waals surface area contributed by atoms with Crippen molar-refractivity contribution in [2.75, 3.05) is 26.7 Å². The van der Waals surface area contributed by atoms with Gasteiger partial charge in [0.2, 0.25) is 0 Å². The van der Waals surface area contributed by atoms with Gasteiger partial charge in [-0.2, -0.15) is 0 Å². The van der Waals surface area contributed by atoms with Crippen LogP contribution < -0.4 is 5.32 Å². The average molecular weight is 399 g/mol. The average Bonchev–Trinajstić information content (AvgIpc) is 3.44. The number of nitrogens with one attached hydrogen (secondary N) is 1. The third-order valence-electron chi connectivity index (χ3n) is 5.53. The summed E-state index contributed by atoms with van der Waals surface area (Å²) in [5.74, 6) is -0.211. The van der Waals surface area contributed by atoms with E-state index in [1.807, 2.05) is 20.9 Å². The van der Waals surface area contributed by atoms with Gasteiger partial charge in [0.25, 0.3) is 0 Å². The zero-order valence-corrected chi connectivity index (χ0v) is 18.7. The van der Waals surface area contributed by atoms with Crippen LogP contribution in [-0.2, 0) is 14.3 Å². The van der Waals surface area contributed by atoms with Crippen LogP contribution in [0, 0.1) is 5.41 Å². The van der Waals surface area contributed by atoms with E-state index in [-0.39, 0.29) is 12.1 Å². The molecule has 1 aliphatic rings. The van der Waals surface area contributed by atoms with E-state index in [2.05, 4.69) is 24.1 Å². The molecule has 1 amide bonds. The SMILES string of the molecule is CCCCCCCCC(OC(=O)NCCN(C)CC)C1(C(=O)OC(C)C)CC1. The number of likely N-dealkylation sites (N-methyl/N-ethyl adjacent to an activating group) is 1. The summed E-state index contributed by atoms with van der Waals surface area (Å²) in [7, 11) is 2.01. The molecule has 1 saturated carbocycles. The molecule has 1 atom stereocenters. The molecular weight excluding hydrogens is 356 g/mol. The van der Waals surface area contributed by atoms with Crippen LogP contribution in [0.5, 0.6) is 0 Å². The molecule has 28 heavy (non-hydrogen) atoms. The summed E-state index contributed by atoms with van der Waals surface area (Å²) in [4.78, 5) is 27.1. The molecule has 6 heteroatoms. The number of alkyl carbamates (subject to hydrolysis) is 1. The Hall–Kier alpha value is -1.30. The molecule has 0 spiro atoms. The van der Waals surface area contributed by atoms with Gasteiger partial charge < -0.3 is 19.7 Å². The summed E-state index contributed by atoms with van der Waals surface area (Å²) >= 11 is 0. The van der Waals surface area contributed by atoms with Crippen molar-refractivity contribution in [3.8, 4) is 0 Å². The monoisotopic (exact) mass is 398 g/mol. The first-order valence-corrected chi connectivity index (χ1v) is 11.2. The smallest absolute Gasteiger partial charge is 0.407 e. The van der Waals surface area contributed by atoms with Crippen LogP contribution in [-0.4, -0.2) is 55.9 Å². The number of nitrogens with zero attached hydrogens (tertiary/aromatic N) is 1. The first kappa shape index (κ1) is 24.7. The molecule has 164 valence electrons. The van der Waals surface area contributed by atoms with Gasteiger partial charge in [-0.3, -0.25) is 4.79 Å². The molecule has 0 aromatic rings. The number of hydrogen-bond acceptors (Lipinski definition) is 5. The Morgan fingerprint density at radius 3 is 2.25 bits per heavy atom. The molecule has 0 aromatic heterocycles. The number of rotatable bonds is 15. The molecule has 0 saturated heterocycles. The third kappa shape index (κ3) is 8.80. The summed E-state index contributed by atoms with van der Waals surface area (Å²) in [6.45, 7) is 10.2. The number of ether oxygens (including phenoxy) is 2. The standard InChI is InChI=1S/C22H42N2O4/c1-6-8-9-10-11-12-13-19(22(14-15-22)20(25)27-18(3)4)28-21(26)23-16-17-24(5)7-2/h18-19H,6-17H2,1-5H3,(H,23,26). The van der Waals surface area contributed by atoms with Gasteiger partial charge in [0.1, 0.15) is 11.5 Å². The van der Waals surface area contributed by atoms with Crippen LogP contribution in [0.2, 0.25) is 0 Å². The van der Waals surface area contributed by atoms with Crippen LogP contribution in [0.1, 0.15) is 85.5 Å². The van der Waals surface area contributed by atoms with Gasteiger partial charge >= 0.3 is 12.1 Å². The van der Waals surface area contributed by atoms with Crippen LogP contribution in [0.4, 0.5) is 4.79 Å². The van der Waals surface area contributed by atoms with E-state index in [1.165, 1.54) is 25.7 Å². The zero-order valence-electron chi connectivity index (χ0n) is 18.7. The van der Waals surface area contributed by atoms with Crippen LogP contribution in [0.25, 0.3) is 0 Å². The minimum absolute atomic E-state index is 0.155. The molecule has 1 fully saturated rings. The van der Waals surface area contributed by atoms with Gasteiger partial charge in [-0.05, 0) is 53.1 Å². The highest BCUT2D eigenvalue weighted by atomic mass is 16.6. The number of carbonyl (C=O) groups is 2. The number of amides is 1. The maximum atomic E-state index is 12.6. The van der Waals surface area contributed by atoms with Crippen molar-refractivity contribution in [2.45, 2.75) is 97.7 Å². The molecular formula is C22H42N2O4. The van der Waals surface area contributed by atoms with Gasteiger partial charge in [-0.15, -0.1) is 0 Å². The molecule has 0 aromatic carbocycles. The van der Waals surface area contributed by atoms with E-state index in [1.54, 1.807) is 0 Å². The summed E-state index contributed by atoms with van der Waals surface area (Å²) < 4.78 is 11.2. The molecule has 6 nitrogen and oxygen atoms in total. The summed E-state index contributed by atoms with van der Waals surface area (Å²) in [6, 6.07) is 0. The molecule has 0 heterocycles. The lowest BCUT2D eigenvalue weighted by Crippen LogP contribution is -2.40. The highest BCUT2D eigenvalue weighted by Gasteiger charge is 2.58. The molecule has 1 N–H and O–H groups in total. The van der Waals surface area contributed by atoms with Crippen molar-refractivity contribution in [1.29, 1.82) is 0 Å². The first-order chi connectivity index (χ1) is 13.4. The fourth-order valence-corrected chi connectivity index (χ4v) is 3.36. The molecule has 0 aliphatic heterocycles. The van der Waals surface area contributed by atoms with Crippen LogP contribution in [0.15, 0.2) is 0 Å². The summed E-state index contributed by atoms with van der Waals surface area (Å²) in [6.07, 6.45) is 8.23. The molecule has 0 radical (unpaired) electrons. The maximum absolute atomic E-state index is 12.6. The Morgan fingerprint density at radius 2 is 1.68 bits per heavy atom. The van der Waals surface area contributed by atoms with E-state index in [9.17, 15) is 9.59 Å². The van der Waals surface area contributed by atoms with Gasteiger partial charge in [0.15, 0.2) is 0 Å². The predicted octanol–water partition coefficient (Wildman–Crippen LogP) is 4.52. The quantitative estimate of drug-likeness (QED) is 0.325. The number of unbranched alkanes of at least 4 members (excludes halogenated alkanes) is 5. The zero-order chi connectivity index (χ0) is 21.0. The van der Waals surface area contributed by atoms with Crippen LogP contribution in [0.3, 0.4) is 0 Å². The normalized spacial score (nSPS) is 16.1. The van der Waals surface area contributed by atoms with Gasteiger partial charge in [0, 0.05) is 13.1 Å². The van der Waals surface area contributed by atoms with Crippen molar-refractivity contribution in [3.63, 3.8) is 0 Å². The second-order valence-corrected chi connectivity index (χ2v) is 8.38. The lowest BCUT2D eigenvalue weighted by molar-refractivity contribution is -0.159. The van der Waals surface area contributed by atoms with Gasteiger partial charge in [0.05, 0.1) is 6.10 Å². The Bertz CT molecular complexity index is 463. The molecule has 1 unspecified atom stereocenters. The van der Waals surface area contributed by atoms with Crippen molar-refractivity contribution in [1.82, 2.24) is 10.2 Å². The first-order valence-electron chi connectivity index (χ1n) is 11.2. The van der Waals surface area contributed by atoms with E-state index in [0.29, 0.717) is 6.54 Å². The summed E-state index contributed by atoms with van der Waals surface area (Å²) in [5, 5.41) is 2.82. The highest BCUT2D eigenvalue weighted by Crippen LogP contribution is 2.52. The predicted molar refractivity (Wildman–Crippen MR) is 112 cm³/mol. The van der Waals surface area contributed by atoms with Gasteiger partial charge in [-0.25, -0.2) is 4.79 Å². The van der Waals surface area contributed by atoms with E-state index in [4.69, 9.17) is 9.47 Å². The number of carbonyl (C=O) groups excluding carboxylic acids is 2. The van der Waals surface area contributed by atoms with Crippen molar-refractivity contribution in [3.05, 3.63) is 0 Å². The fourth-order valence-electron chi connectivity index (χ4n) is 3.36. The van der Waals surface area contributed by atoms with Crippen molar-refractivity contribution >= 4 is 12.1 Å². The second-order valence-electron chi connectivity index (χ2n) is 8.38. The lowest BCUT2D eigenvalue weighted by Gasteiger charge is -2.26. The minimum atomic E-state index is -0.634. The van der Waals surface area contributed by atoms with Gasteiger partial charge in [-0.1, -0.05) is 46.0 Å². The fraction of sp³-hybridized carbons (Fsp3) is 0.909. The third-order valence-corrected chi connectivity index (χ3v) is 5.53. The highest BCUT2D eigenvalue weighted by molar-refractivity contribution is 5.81. The molecule has 0 bridgehead atoms. The number of esters is 1. The van der Waals surface area contributed by atoms with Crippen LogP contribution >= 0.6 is 0 Å². The maximum Gasteiger partial charge on any atom is 0.407 e. The summed E-state index contributed by atoms with van der Waals surface area (Å²) in [5.41, 5.74) is -0.634. The Balaban J connectivity index is 2.57. The van der Waals surface area contributed by atoms with Crippen molar-refractivity contribution < 1.29 is 19.1 Å². The van der Waals surface area contributed by atoms with Crippen molar-refractivity contribution in [2.24, 2.45) is 5.41 Å². The Kier molecular flexibility index (Phi) is 11.5. The van der Waals surface area contributed by atoms with E-state index in [0.717, 1.165) is 45.2 Å². The topological polar surface area (TPSA) is 67.9 Å². The lowest BCUT2D eigenvalue weighted by atomic mass is 9.93. The number of hydrogen-bond donors (Lipinski definition) is 1. The van der Waals surface area contributed by atoms with E-state index >= 15 is 0 Å². The van der Waals surface area contributed by atoms with E-state index < -0.39 is 17.6 Å².